The molecule has 0 saturated carbocycles. The van der Waals surface area contributed by atoms with E-state index < -0.39 is 16.0 Å². The molecule has 0 radical (unpaired) electrons. The molecular weight excluding hydrogens is 498 g/mol. The van der Waals surface area contributed by atoms with Gasteiger partial charge in [-0.1, -0.05) is 17.4 Å². The topological polar surface area (TPSA) is 107 Å². The first-order chi connectivity index (χ1) is 16.3. The largest absolute Gasteiger partial charge is 0.494 e. The lowest BCUT2D eigenvalue weighted by Gasteiger charge is -2.29. The van der Waals surface area contributed by atoms with Gasteiger partial charge in [0.25, 0.3) is 15.9 Å². The SMILES string of the molecule is CCOc1ccc2c(c1)sc(=NC(=O)C1CCN(S(=O)(=O)c3cccs3)CC1)n2CC(=O)OC. The van der Waals surface area contributed by atoms with E-state index in [1.807, 2.05) is 25.1 Å². The number of ether oxygens (including phenoxy) is 2. The molecule has 0 aliphatic carbocycles. The highest BCUT2D eigenvalue weighted by Gasteiger charge is 2.32. The third kappa shape index (κ3) is 5.09. The van der Waals surface area contributed by atoms with Crippen LogP contribution in [0.25, 0.3) is 10.2 Å². The molecule has 0 unspecified atom stereocenters. The number of thiophene rings is 1. The van der Waals surface area contributed by atoms with E-state index in [1.54, 1.807) is 22.1 Å². The zero-order valence-electron chi connectivity index (χ0n) is 18.8. The molecule has 3 aromatic rings. The number of aromatic nitrogens is 1. The van der Waals surface area contributed by atoms with Gasteiger partial charge in [0.15, 0.2) is 4.80 Å². The average molecular weight is 524 g/mol. The van der Waals surface area contributed by atoms with Crippen LogP contribution in [0.5, 0.6) is 5.75 Å². The minimum absolute atomic E-state index is 0.0753. The highest BCUT2D eigenvalue weighted by atomic mass is 32.2. The van der Waals surface area contributed by atoms with Gasteiger partial charge in [0.05, 0.1) is 23.9 Å². The molecule has 1 aliphatic heterocycles. The summed E-state index contributed by atoms with van der Waals surface area (Å²) in [5.74, 6) is -0.456. The van der Waals surface area contributed by atoms with Gasteiger partial charge in [0, 0.05) is 19.0 Å². The van der Waals surface area contributed by atoms with Gasteiger partial charge in [-0.25, -0.2) is 8.42 Å². The van der Waals surface area contributed by atoms with E-state index in [0.717, 1.165) is 10.2 Å². The fourth-order valence-corrected chi connectivity index (χ4v) is 7.49. The van der Waals surface area contributed by atoms with Crippen LogP contribution in [0, 0.1) is 5.92 Å². The summed E-state index contributed by atoms with van der Waals surface area (Å²) in [7, 11) is -2.22. The molecule has 0 atom stereocenters. The number of hydrogen-bond acceptors (Lipinski definition) is 8. The Morgan fingerprint density at radius 2 is 1.97 bits per heavy atom. The van der Waals surface area contributed by atoms with Crippen LogP contribution in [0.1, 0.15) is 19.8 Å². The van der Waals surface area contributed by atoms with Crippen molar-refractivity contribution in [2.45, 2.75) is 30.5 Å². The van der Waals surface area contributed by atoms with E-state index in [2.05, 4.69) is 4.99 Å². The summed E-state index contributed by atoms with van der Waals surface area (Å²) in [5.41, 5.74) is 0.752. The van der Waals surface area contributed by atoms with Crippen LogP contribution in [0.3, 0.4) is 0 Å². The first-order valence-corrected chi connectivity index (χ1v) is 13.9. The zero-order chi connectivity index (χ0) is 24.3. The standard InChI is InChI=1S/C22H25N3O6S3/c1-3-31-16-6-7-17-18(13-16)33-22(25(17)14-19(26)30-2)23-21(27)15-8-10-24(11-9-15)34(28,29)20-5-4-12-32-20/h4-7,12-13,15H,3,8-11,14H2,1-2H3. The van der Waals surface area contributed by atoms with E-state index in [4.69, 9.17) is 9.47 Å². The molecule has 4 rings (SSSR count). The lowest BCUT2D eigenvalue weighted by atomic mass is 9.98. The summed E-state index contributed by atoms with van der Waals surface area (Å²) in [6, 6.07) is 8.79. The predicted octanol–water partition coefficient (Wildman–Crippen LogP) is 2.86. The Bertz CT molecular complexity index is 1350. The molecule has 1 aromatic carbocycles. The summed E-state index contributed by atoms with van der Waals surface area (Å²) in [4.78, 5) is 29.8. The molecule has 2 aromatic heterocycles. The summed E-state index contributed by atoms with van der Waals surface area (Å²) >= 11 is 2.48. The minimum atomic E-state index is -3.53. The second-order valence-electron chi connectivity index (χ2n) is 7.67. The number of thiazole rings is 1. The second-order valence-corrected chi connectivity index (χ2v) is 11.8. The number of rotatable bonds is 7. The third-order valence-corrected chi connectivity index (χ3v) is 9.89. The van der Waals surface area contributed by atoms with Gasteiger partial charge in [0.2, 0.25) is 0 Å². The number of carbonyl (C=O) groups excluding carboxylic acids is 2. The van der Waals surface area contributed by atoms with Gasteiger partial charge >= 0.3 is 5.97 Å². The Morgan fingerprint density at radius 1 is 1.21 bits per heavy atom. The maximum absolute atomic E-state index is 13.0. The normalized spacial score (nSPS) is 16.1. The van der Waals surface area contributed by atoms with Crippen LogP contribution in [-0.2, 0) is 30.9 Å². The fraction of sp³-hybridized carbons (Fsp3) is 0.409. The van der Waals surface area contributed by atoms with E-state index in [1.165, 1.54) is 34.1 Å². The number of sulfonamides is 1. The van der Waals surface area contributed by atoms with Crippen molar-refractivity contribution < 1.29 is 27.5 Å². The summed E-state index contributed by atoms with van der Waals surface area (Å²) in [6.45, 7) is 2.87. The van der Waals surface area contributed by atoms with Crippen molar-refractivity contribution in [3.8, 4) is 5.75 Å². The molecule has 1 fully saturated rings. The summed E-state index contributed by atoms with van der Waals surface area (Å²) < 4.78 is 40.1. The van der Waals surface area contributed by atoms with Crippen molar-refractivity contribution in [2.24, 2.45) is 10.9 Å². The van der Waals surface area contributed by atoms with Gasteiger partial charge in [0.1, 0.15) is 16.5 Å². The quantitative estimate of drug-likeness (QED) is 0.441. The Kier molecular flexibility index (Phi) is 7.51. The van der Waals surface area contributed by atoms with E-state index in [9.17, 15) is 18.0 Å². The summed E-state index contributed by atoms with van der Waals surface area (Å²) in [5, 5.41) is 1.73. The molecular formula is C22H25N3O6S3. The van der Waals surface area contributed by atoms with Crippen molar-refractivity contribution in [3.05, 3.63) is 40.5 Å². The van der Waals surface area contributed by atoms with Crippen LogP contribution in [0.4, 0.5) is 0 Å². The van der Waals surface area contributed by atoms with Crippen LogP contribution < -0.4 is 9.54 Å². The fourth-order valence-electron chi connectivity index (χ4n) is 3.81. The number of fused-ring (bicyclic) bond motifs is 1. The molecule has 0 spiro atoms. The predicted molar refractivity (Wildman–Crippen MR) is 129 cm³/mol. The van der Waals surface area contributed by atoms with Gasteiger partial charge in [-0.05, 0) is 49.4 Å². The molecule has 1 saturated heterocycles. The van der Waals surface area contributed by atoms with E-state index in [-0.39, 0.29) is 31.5 Å². The Labute approximate surface area is 205 Å². The zero-order valence-corrected chi connectivity index (χ0v) is 21.2. The van der Waals surface area contributed by atoms with Crippen molar-refractivity contribution in [3.63, 3.8) is 0 Å². The molecule has 34 heavy (non-hydrogen) atoms. The molecule has 1 amide bonds. The van der Waals surface area contributed by atoms with Crippen LogP contribution in [-0.4, -0.2) is 56.0 Å². The highest BCUT2D eigenvalue weighted by Crippen LogP contribution is 2.27. The van der Waals surface area contributed by atoms with E-state index in [0.29, 0.717) is 34.2 Å². The highest BCUT2D eigenvalue weighted by molar-refractivity contribution is 7.91. The first kappa shape index (κ1) is 24.6. The van der Waals surface area contributed by atoms with Crippen molar-refractivity contribution in [2.75, 3.05) is 26.8 Å². The lowest BCUT2D eigenvalue weighted by Crippen LogP contribution is -2.40. The van der Waals surface area contributed by atoms with Crippen LogP contribution in [0.2, 0.25) is 0 Å². The molecule has 1 aliphatic rings. The molecule has 0 N–H and O–H groups in total. The molecule has 12 heteroatoms. The molecule has 9 nitrogen and oxygen atoms in total. The van der Waals surface area contributed by atoms with Gasteiger partial charge in [-0.3, -0.25) is 9.59 Å². The second kappa shape index (κ2) is 10.4. The number of methoxy groups -OCH3 is 1. The Balaban J connectivity index is 1.57. The Morgan fingerprint density at radius 3 is 2.62 bits per heavy atom. The van der Waals surface area contributed by atoms with Crippen molar-refractivity contribution in [1.82, 2.24) is 8.87 Å². The third-order valence-electron chi connectivity index (χ3n) is 5.58. The van der Waals surface area contributed by atoms with E-state index >= 15 is 0 Å². The van der Waals surface area contributed by atoms with Crippen LogP contribution in [0.15, 0.2) is 44.9 Å². The Hall–Kier alpha value is -2.54. The molecule has 0 bridgehead atoms. The summed E-state index contributed by atoms with van der Waals surface area (Å²) in [6.07, 6.45) is 0.784. The van der Waals surface area contributed by atoms with Gasteiger partial charge in [-0.15, -0.1) is 11.3 Å². The number of nitrogens with zero attached hydrogens (tertiary/aromatic N) is 3. The van der Waals surface area contributed by atoms with Crippen LogP contribution >= 0.6 is 22.7 Å². The molecule has 182 valence electrons. The number of esters is 1. The van der Waals surface area contributed by atoms with Gasteiger partial charge < -0.3 is 14.0 Å². The maximum Gasteiger partial charge on any atom is 0.325 e. The number of benzene rings is 1. The van der Waals surface area contributed by atoms with Crippen molar-refractivity contribution >= 4 is 54.8 Å². The number of carbonyl (C=O) groups is 2. The number of hydrogen-bond donors (Lipinski definition) is 0. The lowest BCUT2D eigenvalue weighted by molar-refractivity contribution is -0.141. The minimum Gasteiger partial charge on any atom is -0.494 e. The average Bonchev–Trinajstić information content (AvgIpc) is 3.48. The maximum atomic E-state index is 13.0. The molecule has 3 heterocycles. The van der Waals surface area contributed by atoms with Gasteiger partial charge in [-0.2, -0.15) is 9.30 Å². The van der Waals surface area contributed by atoms with Crippen molar-refractivity contribution in [1.29, 1.82) is 0 Å². The monoisotopic (exact) mass is 523 g/mol. The number of amides is 1. The smallest absolute Gasteiger partial charge is 0.325 e. The first-order valence-electron chi connectivity index (χ1n) is 10.8. The number of piperidine rings is 1.